The number of carboxylic acid groups (broad SMARTS) is 1. The van der Waals surface area contributed by atoms with E-state index in [1.54, 1.807) is 0 Å². The van der Waals surface area contributed by atoms with E-state index >= 15 is 0 Å². The van der Waals surface area contributed by atoms with Crippen LogP contribution >= 0.6 is 0 Å². The number of esters is 1. The lowest BCUT2D eigenvalue weighted by atomic mass is 10.1. The standard InChI is InChI=1S/C8H16O2.C5H10O2/c1-4-5-10-8(9)6-7(2)3;1-4(2)3-5(6)7/h7H,4-6H2,1-3H3;4H,3H2,1-2H3,(H,6,7). The Labute approximate surface area is 104 Å². The molecule has 0 radical (unpaired) electrons. The second-order valence-corrected chi connectivity index (χ2v) is 4.81. The summed E-state index contributed by atoms with van der Waals surface area (Å²) in [5.41, 5.74) is 0. The lowest BCUT2D eigenvalue weighted by molar-refractivity contribution is -0.144. The maximum Gasteiger partial charge on any atom is 0.306 e. The van der Waals surface area contributed by atoms with E-state index in [9.17, 15) is 9.59 Å². The van der Waals surface area contributed by atoms with Crippen molar-refractivity contribution < 1.29 is 19.4 Å². The highest BCUT2D eigenvalue weighted by Crippen LogP contribution is 2.00. The Morgan fingerprint density at radius 1 is 1.06 bits per heavy atom. The van der Waals surface area contributed by atoms with Crippen LogP contribution in [0.2, 0.25) is 0 Å². The molecular weight excluding hydrogens is 220 g/mol. The molecule has 0 aliphatic carbocycles. The summed E-state index contributed by atoms with van der Waals surface area (Å²) in [5, 5.41) is 8.08. The van der Waals surface area contributed by atoms with E-state index in [2.05, 4.69) is 0 Å². The monoisotopic (exact) mass is 246 g/mol. The fourth-order valence-electron chi connectivity index (χ4n) is 0.957. The minimum atomic E-state index is -0.713. The predicted molar refractivity (Wildman–Crippen MR) is 67.8 cm³/mol. The average molecular weight is 246 g/mol. The molecule has 0 aromatic rings. The molecule has 0 aromatic carbocycles. The molecule has 0 amide bonds. The third-order valence-electron chi connectivity index (χ3n) is 1.62. The fourth-order valence-corrected chi connectivity index (χ4v) is 0.957. The molecule has 0 rings (SSSR count). The van der Waals surface area contributed by atoms with Crippen molar-refractivity contribution in [2.24, 2.45) is 11.8 Å². The SMILES string of the molecule is CC(C)CC(=O)O.CCCOC(=O)CC(C)C. The summed E-state index contributed by atoms with van der Waals surface area (Å²) < 4.78 is 4.86. The summed E-state index contributed by atoms with van der Waals surface area (Å²) in [6.07, 6.45) is 1.73. The first-order chi connectivity index (χ1) is 7.79. The Kier molecular flexibility index (Phi) is 12.3. The van der Waals surface area contributed by atoms with Gasteiger partial charge < -0.3 is 9.84 Å². The van der Waals surface area contributed by atoms with Gasteiger partial charge in [0.1, 0.15) is 0 Å². The average Bonchev–Trinajstić information content (AvgIpc) is 2.12. The lowest BCUT2D eigenvalue weighted by Gasteiger charge is -2.03. The van der Waals surface area contributed by atoms with E-state index in [0.717, 1.165) is 6.42 Å². The van der Waals surface area contributed by atoms with Crippen LogP contribution in [0.1, 0.15) is 53.9 Å². The Morgan fingerprint density at radius 2 is 1.53 bits per heavy atom. The Bertz CT molecular complexity index is 209. The van der Waals surface area contributed by atoms with Crippen LogP contribution in [0.5, 0.6) is 0 Å². The van der Waals surface area contributed by atoms with Gasteiger partial charge in [-0.25, -0.2) is 0 Å². The lowest BCUT2D eigenvalue weighted by Crippen LogP contribution is -2.07. The number of rotatable bonds is 6. The molecule has 4 heteroatoms. The van der Waals surface area contributed by atoms with E-state index < -0.39 is 5.97 Å². The number of carbonyl (C=O) groups excluding carboxylic acids is 1. The van der Waals surface area contributed by atoms with Crippen molar-refractivity contribution in [3.63, 3.8) is 0 Å². The molecule has 0 heterocycles. The summed E-state index contributed by atoms with van der Waals surface area (Å²) in [7, 11) is 0. The van der Waals surface area contributed by atoms with E-state index in [1.807, 2.05) is 34.6 Å². The maximum atomic E-state index is 10.8. The predicted octanol–water partition coefficient (Wildman–Crippen LogP) is 3.10. The van der Waals surface area contributed by atoms with Gasteiger partial charge in [0, 0.05) is 12.8 Å². The number of carbonyl (C=O) groups is 2. The van der Waals surface area contributed by atoms with Crippen molar-refractivity contribution in [1.82, 2.24) is 0 Å². The second kappa shape index (κ2) is 11.4. The van der Waals surface area contributed by atoms with Crippen LogP contribution in [-0.4, -0.2) is 23.7 Å². The molecule has 0 bridgehead atoms. The molecule has 0 atom stereocenters. The first-order valence-electron chi connectivity index (χ1n) is 6.16. The van der Waals surface area contributed by atoms with Gasteiger partial charge in [0.05, 0.1) is 6.61 Å². The van der Waals surface area contributed by atoms with E-state index in [-0.39, 0.29) is 18.3 Å². The minimum Gasteiger partial charge on any atom is -0.481 e. The van der Waals surface area contributed by atoms with Gasteiger partial charge in [-0.05, 0) is 18.3 Å². The highest BCUT2D eigenvalue weighted by atomic mass is 16.5. The first-order valence-corrected chi connectivity index (χ1v) is 6.16. The topological polar surface area (TPSA) is 63.6 Å². The van der Waals surface area contributed by atoms with Gasteiger partial charge in [-0.1, -0.05) is 34.6 Å². The van der Waals surface area contributed by atoms with Gasteiger partial charge in [-0.2, -0.15) is 0 Å². The number of carboxylic acids is 1. The van der Waals surface area contributed by atoms with Gasteiger partial charge in [0.2, 0.25) is 0 Å². The van der Waals surface area contributed by atoms with Crippen LogP contribution in [0.4, 0.5) is 0 Å². The molecule has 4 nitrogen and oxygen atoms in total. The van der Waals surface area contributed by atoms with Crippen molar-refractivity contribution >= 4 is 11.9 Å². The van der Waals surface area contributed by atoms with Crippen LogP contribution in [-0.2, 0) is 14.3 Å². The smallest absolute Gasteiger partial charge is 0.306 e. The van der Waals surface area contributed by atoms with Gasteiger partial charge in [-0.3, -0.25) is 9.59 Å². The fraction of sp³-hybridized carbons (Fsp3) is 0.846. The van der Waals surface area contributed by atoms with Crippen molar-refractivity contribution in [3.05, 3.63) is 0 Å². The first kappa shape index (κ1) is 18.3. The summed E-state index contributed by atoms with van der Waals surface area (Å²) in [6, 6.07) is 0. The maximum absolute atomic E-state index is 10.8. The van der Waals surface area contributed by atoms with Crippen molar-refractivity contribution in [2.75, 3.05) is 6.61 Å². The van der Waals surface area contributed by atoms with Crippen molar-refractivity contribution in [1.29, 1.82) is 0 Å². The zero-order valence-corrected chi connectivity index (χ0v) is 11.7. The molecule has 0 aromatic heterocycles. The molecule has 0 unspecified atom stereocenters. The normalized spacial score (nSPS) is 9.82. The third kappa shape index (κ3) is 20.9. The summed E-state index contributed by atoms with van der Waals surface area (Å²) in [6.45, 7) is 10.3. The number of aliphatic carboxylic acids is 1. The second-order valence-electron chi connectivity index (χ2n) is 4.81. The van der Waals surface area contributed by atoms with E-state index in [4.69, 9.17) is 9.84 Å². The molecule has 0 spiro atoms. The van der Waals surface area contributed by atoms with E-state index in [0.29, 0.717) is 18.9 Å². The Hall–Kier alpha value is -1.06. The quantitative estimate of drug-likeness (QED) is 0.731. The van der Waals surface area contributed by atoms with Gasteiger partial charge in [0.25, 0.3) is 0 Å². The number of ether oxygens (including phenoxy) is 1. The third-order valence-corrected chi connectivity index (χ3v) is 1.62. The Morgan fingerprint density at radius 3 is 1.76 bits per heavy atom. The molecule has 0 aliphatic rings. The summed E-state index contributed by atoms with van der Waals surface area (Å²) in [5.74, 6) is -0.103. The molecule has 0 saturated heterocycles. The van der Waals surface area contributed by atoms with Crippen molar-refractivity contribution in [3.8, 4) is 0 Å². The molecule has 0 aliphatic heterocycles. The minimum absolute atomic E-state index is 0.0724. The van der Waals surface area contributed by atoms with Gasteiger partial charge in [0.15, 0.2) is 0 Å². The van der Waals surface area contributed by atoms with Gasteiger partial charge in [-0.15, -0.1) is 0 Å². The summed E-state index contributed by atoms with van der Waals surface area (Å²) >= 11 is 0. The molecule has 0 fully saturated rings. The molecular formula is C13H26O4. The van der Waals surface area contributed by atoms with Crippen LogP contribution in [0.15, 0.2) is 0 Å². The van der Waals surface area contributed by atoms with E-state index in [1.165, 1.54) is 0 Å². The largest absolute Gasteiger partial charge is 0.481 e. The molecule has 102 valence electrons. The molecule has 17 heavy (non-hydrogen) atoms. The molecule has 1 N–H and O–H groups in total. The highest BCUT2D eigenvalue weighted by molar-refractivity contribution is 5.69. The van der Waals surface area contributed by atoms with Crippen LogP contribution in [0.25, 0.3) is 0 Å². The number of hydrogen-bond acceptors (Lipinski definition) is 3. The van der Waals surface area contributed by atoms with Crippen LogP contribution in [0.3, 0.4) is 0 Å². The number of hydrogen-bond donors (Lipinski definition) is 1. The van der Waals surface area contributed by atoms with Crippen LogP contribution in [0, 0.1) is 11.8 Å². The zero-order valence-electron chi connectivity index (χ0n) is 11.7. The summed E-state index contributed by atoms with van der Waals surface area (Å²) in [4.78, 5) is 20.6. The zero-order chi connectivity index (χ0) is 13.8. The molecule has 0 saturated carbocycles. The Balaban J connectivity index is 0. The highest BCUT2D eigenvalue weighted by Gasteiger charge is 2.03. The van der Waals surface area contributed by atoms with Crippen LogP contribution < -0.4 is 0 Å². The van der Waals surface area contributed by atoms with Gasteiger partial charge >= 0.3 is 11.9 Å². The van der Waals surface area contributed by atoms with Crippen molar-refractivity contribution in [2.45, 2.75) is 53.9 Å².